The molecule has 2 amide bonds. The number of methoxy groups -OCH3 is 1. The summed E-state index contributed by atoms with van der Waals surface area (Å²) < 4.78 is 5.05. The van der Waals surface area contributed by atoms with E-state index >= 15 is 0 Å². The molecule has 0 saturated carbocycles. The fourth-order valence-corrected chi connectivity index (χ4v) is 2.72. The second-order valence-corrected chi connectivity index (χ2v) is 5.88. The van der Waals surface area contributed by atoms with Crippen LogP contribution in [0.5, 0.6) is 5.75 Å². The Labute approximate surface area is 158 Å². The lowest BCUT2D eigenvalue weighted by Gasteiger charge is -2.21. The topological polar surface area (TPSA) is 70.7 Å². The van der Waals surface area contributed by atoms with E-state index in [4.69, 9.17) is 16.3 Å². The zero-order valence-corrected chi connectivity index (χ0v) is 15.8. The van der Waals surface area contributed by atoms with Crippen molar-refractivity contribution in [3.05, 3.63) is 47.5 Å². The summed E-state index contributed by atoms with van der Waals surface area (Å²) in [5.74, 6) is -1.05. The van der Waals surface area contributed by atoms with Gasteiger partial charge in [-0.15, -0.1) is 0 Å². The van der Waals surface area contributed by atoms with Crippen molar-refractivity contribution in [3.8, 4) is 5.75 Å². The summed E-state index contributed by atoms with van der Waals surface area (Å²) in [6.07, 6.45) is 0. The number of anilines is 3. The van der Waals surface area contributed by atoms with Gasteiger partial charge in [0.05, 0.1) is 12.1 Å². The Morgan fingerprint density at radius 3 is 2.00 bits per heavy atom. The van der Waals surface area contributed by atoms with Crippen molar-refractivity contribution in [1.82, 2.24) is 0 Å². The number of rotatable bonds is 6. The molecule has 2 rings (SSSR count). The van der Waals surface area contributed by atoms with Gasteiger partial charge in [0.1, 0.15) is 5.75 Å². The maximum absolute atomic E-state index is 12.1. The lowest BCUT2D eigenvalue weighted by molar-refractivity contribution is -0.132. The average Bonchev–Trinajstić information content (AvgIpc) is 2.64. The van der Waals surface area contributed by atoms with Gasteiger partial charge in [-0.05, 0) is 56.3 Å². The van der Waals surface area contributed by atoms with E-state index in [1.165, 1.54) is 13.2 Å². The third kappa shape index (κ3) is 4.89. The molecule has 0 saturated heterocycles. The van der Waals surface area contributed by atoms with Crippen molar-refractivity contribution < 1.29 is 14.3 Å². The molecule has 7 heteroatoms. The zero-order valence-electron chi connectivity index (χ0n) is 15.0. The van der Waals surface area contributed by atoms with Crippen LogP contribution in [0.4, 0.5) is 17.1 Å². The highest BCUT2D eigenvalue weighted by Gasteiger charge is 2.15. The van der Waals surface area contributed by atoms with Crippen LogP contribution in [0.25, 0.3) is 0 Å². The number of carbonyl (C=O) groups is 2. The van der Waals surface area contributed by atoms with Crippen molar-refractivity contribution in [2.45, 2.75) is 13.8 Å². The molecule has 0 bridgehead atoms. The number of hydrogen-bond donors (Lipinski definition) is 2. The minimum Gasteiger partial charge on any atom is -0.495 e. The maximum atomic E-state index is 12.1. The van der Waals surface area contributed by atoms with E-state index in [-0.39, 0.29) is 0 Å². The quantitative estimate of drug-likeness (QED) is 0.754. The van der Waals surface area contributed by atoms with Gasteiger partial charge < -0.3 is 20.3 Å². The highest BCUT2D eigenvalue weighted by molar-refractivity contribution is 6.43. The Balaban J connectivity index is 1.98. The van der Waals surface area contributed by atoms with Crippen molar-refractivity contribution in [1.29, 1.82) is 0 Å². The summed E-state index contributed by atoms with van der Waals surface area (Å²) in [7, 11) is 1.50. The predicted octanol–water partition coefficient (Wildman–Crippen LogP) is 3.77. The van der Waals surface area contributed by atoms with Crippen LogP contribution in [0.2, 0.25) is 5.02 Å². The van der Waals surface area contributed by atoms with Crippen LogP contribution < -0.4 is 20.3 Å². The first-order valence-electron chi connectivity index (χ1n) is 8.29. The predicted molar refractivity (Wildman–Crippen MR) is 105 cm³/mol. The molecule has 0 aromatic heterocycles. The number of amides is 2. The molecule has 2 aromatic rings. The maximum Gasteiger partial charge on any atom is 0.314 e. The van der Waals surface area contributed by atoms with E-state index in [9.17, 15) is 9.59 Å². The lowest BCUT2D eigenvalue weighted by Crippen LogP contribution is -2.29. The molecule has 26 heavy (non-hydrogen) atoms. The minimum atomic E-state index is -0.779. The lowest BCUT2D eigenvalue weighted by atomic mass is 10.2. The van der Waals surface area contributed by atoms with E-state index in [0.717, 1.165) is 18.8 Å². The van der Waals surface area contributed by atoms with E-state index in [0.29, 0.717) is 22.1 Å². The summed E-state index contributed by atoms with van der Waals surface area (Å²) in [5.41, 5.74) is 2.02. The second kappa shape index (κ2) is 9.10. The summed E-state index contributed by atoms with van der Waals surface area (Å²) in [4.78, 5) is 26.3. The summed E-state index contributed by atoms with van der Waals surface area (Å²) >= 11 is 6.01. The van der Waals surface area contributed by atoms with Crippen LogP contribution in [-0.2, 0) is 9.59 Å². The van der Waals surface area contributed by atoms with E-state index in [1.54, 1.807) is 24.3 Å². The second-order valence-electron chi connectivity index (χ2n) is 5.48. The standard InChI is InChI=1S/C19H22ClN3O3/c1-4-23(5-2)15-9-6-13(7-10-15)21-18(24)19(25)22-14-8-11-17(26-3)16(20)12-14/h6-12H,4-5H2,1-3H3,(H,21,24)(H,22,25). The van der Waals surface area contributed by atoms with Gasteiger partial charge in [0.25, 0.3) is 0 Å². The summed E-state index contributed by atoms with van der Waals surface area (Å²) in [5, 5.41) is 5.42. The van der Waals surface area contributed by atoms with Gasteiger partial charge in [-0.25, -0.2) is 0 Å². The van der Waals surface area contributed by atoms with E-state index in [1.807, 2.05) is 12.1 Å². The number of nitrogens with one attached hydrogen (secondary N) is 2. The molecule has 0 unspecified atom stereocenters. The molecule has 2 aromatic carbocycles. The fourth-order valence-electron chi connectivity index (χ4n) is 2.46. The average molecular weight is 376 g/mol. The van der Waals surface area contributed by atoms with E-state index < -0.39 is 11.8 Å². The van der Waals surface area contributed by atoms with Crippen molar-refractivity contribution in [2.75, 3.05) is 35.7 Å². The van der Waals surface area contributed by atoms with Gasteiger partial charge >= 0.3 is 11.8 Å². The smallest absolute Gasteiger partial charge is 0.314 e. The van der Waals surface area contributed by atoms with E-state index in [2.05, 4.69) is 29.4 Å². The number of nitrogens with zero attached hydrogens (tertiary/aromatic N) is 1. The van der Waals surface area contributed by atoms with Gasteiger partial charge in [-0.3, -0.25) is 9.59 Å². The van der Waals surface area contributed by atoms with Crippen molar-refractivity contribution in [3.63, 3.8) is 0 Å². The first-order valence-corrected chi connectivity index (χ1v) is 8.67. The molecule has 6 nitrogen and oxygen atoms in total. The van der Waals surface area contributed by atoms with Gasteiger partial charge in [0.2, 0.25) is 0 Å². The molecule has 0 spiro atoms. The normalized spacial score (nSPS) is 10.2. The Morgan fingerprint density at radius 1 is 0.962 bits per heavy atom. The first kappa shape index (κ1) is 19.6. The molecule has 0 aliphatic carbocycles. The Morgan fingerprint density at radius 2 is 1.50 bits per heavy atom. The summed E-state index contributed by atoms with van der Waals surface area (Å²) in [6.45, 7) is 5.95. The van der Waals surface area contributed by atoms with Crippen molar-refractivity contribution in [2.24, 2.45) is 0 Å². The third-order valence-electron chi connectivity index (χ3n) is 3.87. The van der Waals surface area contributed by atoms with Gasteiger partial charge in [0, 0.05) is 30.2 Å². The molecule has 0 aliphatic heterocycles. The number of benzene rings is 2. The third-order valence-corrected chi connectivity index (χ3v) is 4.17. The SMILES string of the molecule is CCN(CC)c1ccc(NC(=O)C(=O)Nc2ccc(OC)c(Cl)c2)cc1. The van der Waals surface area contributed by atoms with Crippen LogP contribution in [0.1, 0.15) is 13.8 Å². The molecule has 0 radical (unpaired) electrons. The minimum absolute atomic E-state index is 0.345. The largest absolute Gasteiger partial charge is 0.495 e. The molecular weight excluding hydrogens is 354 g/mol. The Kier molecular flexibility index (Phi) is 6.86. The molecule has 2 N–H and O–H groups in total. The molecular formula is C19H22ClN3O3. The first-order chi connectivity index (χ1) is 12.5. The molecule has 0 fully saturated rings. The van der Waals surface area contributed by atoms with Gasteiger partial charge in [-0.2, -0.15) is 0 Å². The highest BCUT2D eigenvalue weighted by atomic mass is 35.5. The molecule has 138 valence electrons. The zero-order chi connectivity index (χ0) is 19.1. The van der Waals surface area contributed by atoms with Crippen molar-refractivity contribution >= 4 is 40.5 Å². The van der Waals surface area contributed by atoms with Crippen LogP contribution in [-0.4, -0.2) is 32.0 Å². The van der Waals surface area contributed by atoms with Crippen LogP contribution in [0, 0.1) is 0 Å². The number of carbonyl (C=O) groups excluding carboxylic acids is 2. The van der Waals surface area contributed by atoms with Crippen LogP contribution in [0.3, 0.4) is 0 Å². The monoisotopic (exact) mass is 375 g/mol. The Hall–Kier alpha value is -2.73. The number of ether oxygens (including phenoxy) is 1. The highest BCUT2D eigenvalue weighted by Crippen LogP contribution is 2.27. The van der Waals surface area contributed by atoms with Crippen LogP contribution >= 0.6 is 11.6 Å². The molecule has 0 heterocycles. The fraction of sp³-hybridized carbons (Fsp3) is 0.263. The molecule has 0 aliphatic rings. The van der Waals surface area contributed by atoms with Crippen LogP contribution in [0.15, 0.2) is 42.5 Å². The number of halogens is 1. The summed E-state index contributed by atoms with van der Waals surface area (Å²) in [6, 6.07) is 12.1. The number of hydrogen-bond acceptors (Lipinski definition) is 4. The van der Waals surface area contributed by atoms with Gasteiger partial charge in [0.15, 0.2) is 0 Å². The molecule has 0 atom stereocenters. The Bertz CT molecular complexity index is 774. The van der Waals surface area contributed by atoms with Gasteiger partial charge in [-0.1, -0.05) is 11.6 Å².